The van der Waals surface area contributed by atoms with Gasteiger partial charge in [0.1, 0.15) is 44.1 Å². The minimum Gasteiger partial charge on any atom is -0.480 e. The molecular formula is C35H59N7O15. The van der Waals surface area contributed by atoms with Crippen molar-refractivity contribution in [3.05, 3.63) is 29.6 Å². The van der Waals surface area contributed by atoms with Gasteiger partial charge in [0.25, 0.3) is 0 Å². The van der Waals surface area contributed by atoms with Gasteiger partial charge in [-0.2, -0.15) is 0 Å². The number of pyridine rings is 1. The van der Waals surface area contributed by atoms with Gasteiger partial charge in [-0.3, -0.25) is 24.4 Å². The summed E-state index contributed by atoms with van der Waals surface area (Å²) >= 11 is 0. The molecule has 2 heterocycles. The number of ether oxygens (including phenoxy) is 3. The van der Waals surface area contributed by atoms with E-state index in [1.54, 1.807) is 34.9 Å². The SMILES string of the molecule is CCC(O)COC(=O)NCCC(C(=O)O)N1CCN(CCCNC(=O)OCC(O)CO)CCN(C(CCNC(=O)OCC(O)CO)C(=O)O)Cc2cccc(n2)C1. The largest absolute Gasteiger partial charge is 0.480 e. The molecule has 0 spiro atoms. The Kier molecular flexibility index (Phi) is 23.3. The van der Waals surface area contributed by atoms with Crippen LogP contribution >= 0.6 is 0 Å². The average molecular weight is 818 g/mol. The highest BCUT2D eigenvalue weighted by molar-refractivity contribution is 5.74. The van der Waals surface area contributed by atoms with Gasteiger partial charge in [0.2, 0.25) is 0 Å². The van der Waals surface area contributed by atoms with Gasteiger partial charge >= 0.3 is 30.2 Å². The molecular weight excluding hydrogens is 758 g/mol. The number of nitrogens with one attached hydrogen (secondary N) is 3. The van der Waals surface area contributed by atoms with Crippen molar-refractivity contribution in [2.75, 3.05) is 85.4 Å². The Balaban J connectivity index is 2.28. The highest BCUT2D eigenvalue weighted by Crippen LogP contribution is 2.16. The van der Waals surface area contributed by atoms with Crippen LogP contribution in [0.25, 0.3) is 0 Å². The molecule has 0 fully saturated rings. The number of aromatic nitrogens is 1. The summed E-state index contributed by atoms with van der Waals surface area (Å²) in [7, 11) is 0. The van der Waals surface area contributed by atoms with Crippen LogP contribution in [0.4, 0.5) is 14.4 Å². The van der Waals surface area contributed by atoms with Crippen LogP contribution in [0.15, 0.2) is 18.2 Å². The number of aliphatic hydroxyl groups excluding tert-OH is 5. The lowest BCUT2D eigenvalue weighted by molar-refractivity contribution is -0.144. The molecule has 324 valence electrons. The molecule has 0 aliphatic carbocycles. The van der Waals surface area contributed by atoms with Crippen molar-refractivity contribution in [2.45, 2.75) is 76.1 Å². The number of aliphatic carboxylic acids is 2. The quantitative estimate of drug-likeness (QED) is 0.0411. The van der Waals surface area contributed by atoms with E-state index >= 15 is 0 Å². The minimum absolute atomic E-state index is 0.00906. The molecule has 2 rings (SSSR count). The second-order valence-corrected chi connectivity index (χ2v) is 13.4. The van der Waals surface area contributed by atoms with E-state index in [0.29, 0.717) is 43.9 Å². The summed E-state index contributed by atoms with van der Waals surface area (Å²) in [4.78, 5) is 71.7. The number of rotatable bonds is 23. The van der Waals surface area contributed by atoms with Crippen LogP contribution < -0.4 is 16.0 Å². The molecule has 0 saturated heterocycles. The van der Waals surface area contributed by atoms with Crippen LogP contribution in [-0.2, 0) is 36.9 Å². The fourth-order valence-corrected chi connectivity index (χ4v) is 5.62. The van der Waals surface area contributed by atoms with Crippen LogP contribution in [-0.4, -0.2) is 201 Å². The maximum absolute atomic E-state index is 12.6. The fraction of sp³-hybridized carbons (Fsp3) is 0.714. The molecule has 1 aromatic heterocycles. The standard InChI is InChI=1S/C35H59N7O15/c1-2-26(45)21-55-34(53)37-10-7-29(31(48)49)41-15-13-40(12-4-9-36-33(52)56-22-27(46)19-43)14-16-42(18-25-6-3-5-24(17-41)39-25)30(32(50)51)8-11-38-35(54)57-23-28(47)20-44/h3,5-6,26-30,43-47H,2,4,7-23H2,1H3,(H,36,52)(H,37,53)(H,38,54)(H,48,49)(H,50,51). The lowest BCUT2D eigenvalue weighted by atomic mass is 10.1. The van der Waals surface area contributed by atoms with E-state index in [0.717, 1.165) is 0 Å². The zero-order chi connectivity index (χ0) is 42.2. The number of aliphatic hydroxyl groups is 5. The van der Waals surface area contributed by atoms with E-state index in [1.165, 1.54) is 0 Å². The molecule has 22 nitrogen and oxygen atoms in total. The molecule has 0 radical (unpaired) electrons. The van der Waals surface area contributed by atoms with Crippen LogP contribution in [0.5, 0.6) is 0 Å². The van der Waals surface area contributed by atoms with Crippen LogP contribution in [0.1, 0.15) is 44.0 Å². The molecule has 57 heavy (non-hydrogen) atoms. The Labute approximate surface area is 330 Å². The normalized spacial score (nSPS) is 17.0. The molecule has 1 aliphatic heterocycles. The molecule has 0 saturated carbocycles. The summed E-state index contributed by atoms with van der Waals surface area (Å²) in [5.41, 5.74) is 1.03. The number of carbonyl (C=O) groups excluding carboxylic acids is 3. The molecule has 0 aromatic carbocycles. The van der Waals surface area contributed by atoms with Gasteiger partial charge in [0, 0.05) is 58.9 Å². The topological polar surface area (TPSA) is 313 Å². The number of hydrogen-bond donors (Lipinski definition) is 10. The first-order chi connectivity index (χ1) is 27.3. The third-order valence-electron chi connectivity index (χ3n) is 8.86. The number of hydrogen-bond acceptors (Lipinski definition) is 17. The van der Waals surface area contributed by atoms with Crippen LogP contribution in [0, 0.1) is 0 Å². The van der Waals surface area contributed by atoms with E-state index in [1.807, 2.05) is 4.90 Å². The first kappa shape index (κ1) is 48.7. The summed E-state index contributed by atoms with van der Waals surface area (Å²) in [6, 6.07) is 3.02. The first-order valence-corrected chi connectivity index (χ1v) is 18.8. The fourth-order valence-electron chi connectivity index (χ4n) is 5.62. The highest BCUT2D eigenvalue weighted by atomic mass is 16.6. The summed E-state index contributed by atoms with van der Waals surface area (Å²) in [6.45, 7) is 1.13. The summed E-state index contributed by atoms with van der Waals surface area (Å²) in [5.74, 6) is -2.29. The van der Waals surface area contributed by atoms with Crippen molar-refractivity contribution in [1.29, 1.82) is 0 Å². The Morgan fingerprint density at radius 2 is 1.11 bits per heavy atom. The third kappa shape index (κ3) is 20.0. The van der Waals surface area contributed by atoms with Crippen molar-refractivity contribution >= 4 is 30.2 Å². The van der Waals surface area contributed by atoms with Crippen LogP contribution in [0.3, 0.4) is 0 Å². The Morgan fingerprint density at radius 3 is 1.51 bits per heavy atom. The van der Waals surface area contributed by atoms with E-state index in [2.05, 4.69) is 16.0 Å². The first-order valence-electron chi connectivity index (χ1n) is 18.8. The zero-order valence-corrected chi connectivity index (χ0v) is 32.2. The number of fused-ring (bicyclic) bond motifs is 2. The number of alkyl carbamates (subject to hydrolysis) is 3. The molecule has 1 aromatic rings. The molecule has 3 amide bonds. The highest BCUT2D eigenvalue weighted by Gasteiger charge is 2.30. The van der Waals surface area contributed by atoms with Crippen LogP contribution in [0.2, 0.25) is 0 Å². The summed E-state index contributed by atoms with van der Waals surface area (Å²) < 4.78 is 14.7. The number of carboxylic acids is 2. The molecule has 22 heteroatoms. The predicted molar refractivity (Wildman–Crippen MR) is 199 cm³/mol. The number of carboxylic acid groups (broad SMARTS) is 2. The van der Waals surface area contributed by atoms with Gasteiger partial charge in [-0.25, -0.2) is 14.4 Å². The smallest absolute Gasteiger partial charge is 0.407 e. The maximum Gasteiger partial charge on any atom is 0.407 e. The van der Waals surface area contributed by atoms with Gasteiger partial charge in [0.15, 0.2) is 0 Å². The molecule has 5 atom stereocenters. The minimum atomic E-state index is -1.26. The van der Waals surface area contributed by atoms with E-state index in [-0.39, 0.29) is 65.3 Å². The van der Waals surface area contributed by atoms with E-state index < -0.39 is 87.0 Å². The predicted octanol–water partition coefficient (Wildman–Crippen LogP) is -2.27. The second kappa shape index (κ2) is 27.3. The van der Waals surface area contributed by atoms with Crippen molar-refractivity contribution in [2.24, 2.45) is 0 Å². The van der Waals surface area contributed by atoms with Crippen molar-refractivity contribution < 1.29 is 73.9 Å². The van der Waals surface area contributed by atoms with E-state index in [9.17, 15) is 49.5 Å². The molecule has 2 bridgehead atoms. The van der Waals surface area contributed by atoms with Crippen molar-refractivity contribution in [1.82, 2.24) is 35.6 Å². The van der Waals surface area contributed by atoms with Gasteiger partial charge < -0.3 is 70.8 Å². The number of nitrogens with zero attached hydrogens (tertiary/aromatic N) is 4. The maximum atomic E-state index is 12.6. The number of carbonyl (C=O) groups is 5. The summed E-state index contributed by atoms with van der Waals surface area (Å²) in [6.07, 6.45) is -5.00. The number of amides is 3. The molecule has 10 N–H and O–H groups in total. The van der Waals surface area contributed by atoms with Gasteiger partial charge in [-0.15, -0.1) is 0 Å². The lowest BCUT2D eigenvalue weighted by Gasteiger charge is -2.35. The Bertz CT molecular complexity index is 1300. The molecule has 5 unspecified atom stereocenters. The third-order valence-corrected chi connectivity index (χ3v) is 8.86. The van der Waals surface area contributed by atoms with E-state index in [4.69, 9.17) is 29.4 Å². The van der Waals surface area contributed by atoms with Gasteiger partial charge in [-0.1, -0.05) is 13.0 Å². The van der Waals surface area contributed by atoms with Gasteiger partial charge in [0.05, 0.1) is 30.7 Å². The van der Waals surface area contributed by atoms with Crippen molar-refractivity contribution in [3.8, 4) is 0 Å². The average Bonchev–Trinajstić information content (AvgIpc) is 3.19. The summed E-state index contributed by atoms with van der Waals surface area (Å²) in [5, 5.41) is 74.5. The Morgan fingerprint density at radius 1 is 0.684 bits per heavy atom. The molecule has 1 aliphatic rings. The monoisotopic (exact) mass is 817 g/mol. The van der Waals surface area contributed by atoms with Crippen molar-refractivity contribution in [3.63, 3.8) is 0 Å². The second-order valence-electron chi connectivity index (χ2n) is 13.4. The Hall–Kier alpha value is -4.42. The zero-order valence-electron chi connectivity index (χ0n) is 32.2. The lowest BCUT2D eigenvalue weighted by Crippen LogP contribution is -2.49. The van der Waals surface area contributed by atoms with Gasteiger partial charge in [-0.05, 0) is 44.4 Å².